The van der Waals surface area contributed by atoms with Crippen molar-refractivity contribution in [1.82, 2.24) is 0 Å². The molecule has 3 nitrogen and oxygen atoms in total. The minimum atomic E-state index is -4.75. The number of hydrogen-bond acceptors (Lipinski definition) is 2. The largest absolute Gasteiger partial charge is 0.481 e. The van der Waals surface area contributed by atoms with Gasteiger partial charge in [-0.15, -0.1) is 0 Å². The highest BCUT2D eigenvalue weighted by molar-refractivity contribution is 6.31. The van der Waals surface area contributed by atoms with E-state index in [1.54, 1.807) is 6.92 Å². The molecular weight excluding hydrogens is 285 g/mol. The van der Waals surface area contributed by atoms with Gasteiger partial charge in [0.25, 0.3) is 0 Å². The zero-order valence-corrected chi connectivity index (χ0v) is 10.8. The molecule has 0 saturated carbocycles. The number of carboxylic acid groups (broad SMARTS) is 1. The van der Waals surface area contributed by atoms with E-state index >= 15 is 0 Å². The first-order valence-corrected chi connectivity index (χ1v) is 5.85. The van der Waals surface area contributed by atoms with Crippen LogP contribution < -0.4 is 4.74 Å². The van der Waals surface area contributed by atoms with Crippen molar-refractivity contribution in [3.8, 4) is 5.75 Å². The first-order chi connectivity index (χ1) is 8.74. The number of alkyl halides is 3. The number of rotatable bonds is 5. The molecular formula is C12H12ClF3O3. The third-order valence-corrected chi connectivity index (χ3v) is 2.77. The quantitative estimate of drug-likeness (QED) is 0.901. The Balaban J connectivity index is 2.93. The van der Waals surface area contributed by atoms with Crippen molar-refractivity contribution in [1.29, 1.82) is 0 Å². The van der Waals surface area contributed by atoms with Crippen LogP contribution in [-0.2, 0) is 11.2 Å². The molecule has 1 unspecified atom stereocenters. The van der Waals surface area contributed by atoms with Gasteiger partial charge in [0.05, 0.1) is 6.42 Å². The van der Waals surface area contributed by atoms with Crippen LogP contribution in [0.2, 0.25) is 5.02 Å². The minimum Gasteiger partial charge on any atom is -0.481 e. The van der Waals surface area contributed by atoms with Gasteiger partial charge in [-0.25, -0.2) is 0 Å². The lowest BCUT2D eigenvalue weighted by molar-refractivity contribution is -0.200. The summed E-state index contributed by atoms with van der Waals surface area (Å²) in [4.78, 5) is 10.4. The Bertz CT molecular complexity index is 460. The van der Waals surface area contributed by atoms with Gasteiger partial charge < -0.3 is 9.84 Å². The summed E-state index contributed by atoms with van der Waals surface area (Å²) in [5.41, 5.74) is 0.635. The van der Waals surface area contributed by atoms with Crippen LogP contribution in [0.5, 0.6) is 5.75 Å². The van der Waals surface area contributed by atoms with Crippen molar-refractivity contribution in [3.05, 3.63) is 28.8 Å². The fourth-order valence-electron chi connectivity index (χ4n) is 1.44. The zero-order chi connectivity index (χ0) is 14.6. The molecule has 0 spiro atoms. The van der Waals surface area contributed by atoms with Gasteiger partial charge in [0.2, 0.25) is 6.10 Å². The Morgan fingerprint density at radius 2 is 2.11 bits per heavy atom. The number of halogens is 4. The molecule has 1 atom stereocenters. The van der Waals surface area contributed by atoms with Gasteiger partial charge in [-0.3, -0.25) is 4.79 Å². The molecule has 106 valence electrons. The van der Waals surface area contributed by atoms with Crippen LogP contribution >= 0.6 is 11.6 Å². The molecule has 0 heterocycles. The highest BCUT2D eigenvalue weighted by Gasteiger charge is 2.43. The Labute approximate surface area is 112 Å². The number of aliphatic carboxylic acids is 1. The zero-order valence-electron chi connectivity index (χ0n) is 10.00. The van der Waals surface area contributed by atoms with Crippen LogP contribution in [0.25, 0.3) is 0 Å². The fraction of sp³-hybridized carbons (Fsp3) is 0.417. The average molecular weight is 297 g/mol. The van der Waals surface area contributed by atoms with Gasteiger partial charge in [-0.05, 0) is 30.2 Å². The number of benzene rings is 1. The third-order valence-electron chi connectivity index (χ3n) is 2.40. The van der Waals surface area contributed by atoms with Crippen molar-refractivity contribution in [3.63, 3.8) is 0 Å². The maximum atomic E-state index is 12.6. The predicted molar refractivity (Wildman–Crippen MR) is 63.6 cm³/mol. The lowest BCUT2D eigenvalue weighted by Gasteiger charge is -2.20. The van der Waals surface area contributed by atoms with Crippen LogP contribution in [0.4, 0.5) is 13.2 Å². The van der Waals surface area contributed by atoms with E-state index in [-0.39, 0.29) is 5.75 Å². The van der Waals surface area contributed by atoms with E-state index in [1.807, 2.05) is 0 Å². The van der Waals surface area contributed by atoms with Crippen LogP contribution in [0.3, 0.4) is 0 Å². The number of hydrogen-bond donors (Lipinski definition) is 1. The first-order valence-electron chi connectivity index (χ1n) is 5.47. The van der Waals surface area contributed by atoms with Gasteiger partial charge in [-0.2, -0.15) is 13.2 Å². The summed E-state index contributed by atoms with van der Waals surface area (Å²) in [5.74, 6) is -1.63. The maximum absolute atomic E-state index is 12.6. The molecule has 0 aromatic heterocycles. The van der Waals surface area contributed by atoms with Crippen molar-refractivity contribution < 1.29 is 27.8 Å². The molecule has 0 fully saturated rings. The Hall–Kier alpha value is -1.43. The SMILES string of the molecule is CCc1cc(OC(CC(=O)O)C(F)(F)F)ccc1Cl. The van der Waals surface area contributed by atoms with Gasteiger partial charge in [0, 0.05) is 5.02 Å². The second-order valence-electron chi connectivity index (χ2n) is 3.85. The highest BCUT2D eigenvalue weighted by Crippen LogP contribution is 2.29. The second kappa shape index (κ2) is 6.14. The van der Waals surface area contributed by atoms with Crippen LogP contribution in [0.15, 0.2) is 18.2 Å². The lowest BCUT2D eigenvalue weighted by atomic mass is 10.1. The van der Waals surface area contributed by atoms with Gasteiger partial charge in [-0.1, -0.05) is 18.5 Å². The molecule has 0 saturated heterocycles. The normalized spacial score (nSPS) is 13.1. The van der Waals surface area contributed by atoms with Gasteiger partial charge in [0.1, 0.15) is 5.75 Å². The number of carbonyl (C=O) groups is 1. The van der Waals surface area contributed by atoms with Crippen molar-refractivity contribution in [2.75, 3.05) is 0 Å². The summed E-state index contributed by atoms with van der Waals surface area (Å²) >= 11 is 5.84. The Morgan fingerprint density at radius 1 is 1.47 bits per heavy atom. The Kier molecular flexibility index (Phi) is 5.05. The first kappa shape index (κ1) is 15.6. The summed E-state index contributed by atoms with van der Waals surface area (Å²) in [5, 5.41) is 8.90. The molecule has 1 N–H and O–H groups in total. The van der Waals surface area contributed by atoms with E-state index in [0.717, 1.165) is 0 Å². The van der Waals surface area contributed by atoms with Crippen LogP contribution in [0.1, 0.15) is 18.9 Å². The number of aryl methyl sites for hydroxylation is 1. The molecule has 1 aromatic carbocycles. The number of ether oxygens (including phenoxy) is 1. The monoisotopic (exact) mass is 296 g/mol. The minimum absolute atomic E-state index is 0.0511. The van der Waals surface area contributed by atoms with Crippen molar-refractivity contribution in [2.24, 2.45) is 0 Å². The molecule has 0 aliphatic rings. The van der Waals surface area contributed by atoms with Gasteiger partial charge >= 0.3 is 12.1 Å². The molecule has 0 radical (unpaired) electrons. The van der Waals surface area contributed by atoms with Crippen molar-refractivity contribution in [2.45, 2.75) is 32.0 Å². The highest BCUT2D eigenvalue weighted by atomic mass is 35.5. The van der Waals surface area contributed by atoms with E-state index in [9.17, 15) is 18.0 Å². The summed E-state index contributed by atoms with van der Waals surface area (Å²) in [6, 6.07) is 4.08. The molecule has 0 amide bonds. The maximum Gasteiger partial charge on any atom is 0.425 e. The summed E-state index contributed by atoms with van der Waals surface area (Å²) < 4.78 is 42.6. The molecule has 0 aliphatic heterocycles. The third kappa shape index (κ3) is 4.63. The number of carboxylic acids is 1. The molecule has 0 bridgehead atoms. The molecule has 0 aliphatic carbocycles. The van der Waals surface area contributed by atoms with Gasteiger partial charge in [0.15, 0.2) is 0 Å². The van der Waals surface area contributed by atoms with E-state index in [2.05, 4.69) is 0 Å². The van der Waals surface area contributed by atoms with E-state index in [0.29, 0.717) is 17.0 Å². The molecule has 19 heavy (non-hydrogen) atoms. The standard InChI is InChI=1S/C12H12ClF3O3/c1-2-7-5-8(3-4-9(7)13)19-10(6-11(17)18)12(14,15)16/h3-5,10H,2,6H2,1H3,(H,17,18). The summed E-state index contributed by atoms with van der Waals surface area (Å²) in [6.45, 7) is 1.80. The average Bonchev–Trinajstić information content (AvgIpc) is 2.28. The summed E-state index contributed by atoms with van der Waals surface area (Å²) in [6.07, 6.45) is -7.74. The van der Waals surface area contributed by atoms with E-state index in [1.165, 1.54) is 18.2 Å². The van der Waals surface area contributed by atoms with Crippen LogP contribution in [-0.4, -0.2) is 23.4 Å². The predicted octanol–water partition coefficient (Wildman–Crippen LogP) is 3.69. The molecule has 7 heteroatoms. The fourth-order valence-corrected chi connectivity index (χ4v) is 1.69. The van der Waals surface area contributed by atoms with E-state index in [4.69, 9.17) is 21.4 Å². The lowest BCUT2D eigenvalue weighted by Crippen LogP contribution is -2.36. The smallest absolute Gasteiger partial charge is 0.425 e. The summed E-state index contributed by atoms with van der Waals surface area (Å²) in [7, 11) is 0. The molecule has 1 rings (SSSR count). The van der Waals surface area contributed by atoms with Crippen LogP contribution in [0, 0.1) is 0 Å². The molecule has 1 aromatic rings. The van der Waals surface area contributed by atoms with E-state index < -0.39 is 24.7 Å². The Morgan fingerprint density at radius 3 is 2.58 bits per heavy atom. The second-order valence-corrected chi connectivity index (χ2v) is 4.26. The topological polar surface area (TPSA) is 46.5 Å². The van der Waals surface area contributed by atoms with Crippen molar-refractivity contribution >= 4 is 17.6 Å².